The maximum atomic E-state index is 10.2. The average Bonchev–Trinajstić information content (AvgIpc) is 3.00. The van der Waals surface area contributed by atoms with Crippen molar-refractivity contribution in [3.63, 3.8) is 0 Å². The lowest BCUT2D eigenvalue weighted by Crippen LogP contribution is -3.16. The third-order valence-electron chi connectivity index (χ3n) is 5.44. The molecule has 25 heavy (non-hydrogen) atoms. The molecule has 0 amide bonds. The molecule has 1 unspecified atom stereocenters. The number of rotatable bonds is 8. The molecular weight excluding hydrogens is 312 g/mol. The van der Waals surface area contributed by atoms with Crippen LogP contribution in [0.1, 0.15) is 51.7 Å². The second-order valence-electron chi connectivity index (χ2n) is 8.56. The van der Waals surface area contributed by atoms with Crippen molar-refractivity contribution in [2.45, 2.75) is 65.0 Å². The molecule has 0 aromatic heterocycles. The van der Waals surface area contributed by atoms with Crippen molar-refractivity contribution in [2.75, 3.05) is 32.8 Å². The molecule has 1 aliphatic heterocycles. The molecule has 0 spiro atoms. The summed E-state index contributed by atoms with van der Waals surface area (Å²) >= 11 is 0. The SMILES string of the molecule is CC[NH+]1CCC[C@H]1C[NH2+]C[C@@H](O)COc1ccc(C(C)(C)C)cc1C. The Balaban J connectivity index is 1.73. The maximum Gasteiger partial charge on any atom is 0.137 e. The standard InChI is InChI=1S/C21H36N2O2/c1-6-23-11-7-8-18(23)13-22-14-19(24)15-25-20-10-9-17(12-16(20)2)21(3,4)5/h9-10,12,18-19,22,24H,6-8,11,13-15H2,1-5H3/p+2/t18-,19+/m0/s1. The number of ether oxygens (including phenoxy) is 1. The molecule has 0 radical (unpaired) electrons. The van der Waals surface area contributed by atoms with Gasteiger partial charge in [0, 0.05) is 12.8 Å². The zero-order chi connectivity index (χ0) is 18.4. The van der Waals surface area contributed by atoms with Crippen LogP contribution in [0.4, 0.5) is 0 Å². The number of aliphatic hydroxyl groups excluding tert-OH is 1. The number of hydrogen-bond donors (Lipinski definition) is 3. The van der Waals surface area contributed by atoms with E-state index in [4.69, 9.17) is 4.74 Å². The van der Waals surface area contributed by atoms with Crippen LogP contribution in [0.25, 0.3) is 0 Å². The second kappa shape index (κ2) is 9.02. The van der Waals surface area contributed by atoms with Crippen LogP contribution in [0.2, 0.25) is 0 Å². The summed E-state index contributed by atoms with van der Waals surface area (Å²) in [5.41, 5.74) is 2.59. The Morgan fingerprint density at radius 1 is 1.36 bits per heavy atom. The first-order chi connectivity index (χ1) is 11.8. The number of benzene rings is 1. The number of hydrogen-bond acceptors (Lipinski definition) is 2. The zero-order valence-electron chi connectivity index (χ0n) is 16.8. The van der Waals surface area contributed by atoms with Crippen LogP contribution in [-0.4, -0.2) is 50.0 Å². The highest BCUT2D eigenvalue weighted by molar-refractivity contribution is 5.38. The lowest BCUT2D eigenvalue weighted by Gasteiger charge is -2.21. The van der Waals surface area contributed by atoms with Gasteiger partial charge in [0.05, 0.1) is 13.1 Å². The van der Waals surface area contributed by atoms with Gasteiger partial charge in [-0.3, -0.25) is 0 Å². The van der Waals surface area contributed by atoms with Crippen molar-refractivity contribution in [3.05, 3.63) is 29.3 Å². The van der Waals surface area contributed by atoms with E-state index >= 15 is 0 Å². The topological polar surface area (TPSA) is 50.5 Å². The third-order valence-corrected chi connectivity index (χ3v) is 5.44. The molecule has 1 fully saturated rings. The Labute approximate surface area is 153 Å². The van der Waals surface area contributed by atoms with E-state index in [9.17, 15) is 5.11 Å². The summed E-state index contributed by atoms with van der Waals surface area (Å²) in [7, 11) is 0. The highest BCUT2D eigenvalue weighted by atomic mass is 16.5. The normalized spacial score (nSPS) is 22.2. The van der Waals surface area contributed by atoms with Crippen molar-refractivity contribution < 1.29 is 20.1 Å². The molecule has 142 valence electrons. The molecule has 4 heteroatoms. The van der Waals surface area contributed by atoms with Gasteiger partial charge in [-0.05, 0) is 36.5 Å². The molecule has 3 atom stereocenters. The molecule has 0 bridgehead atoms. The molecule has 1 aliphatic rings. The molecule has 0 aliphatic carbocycles. The summed E-state index contributed by atoms with van der Waals surface area (Å²) in [5, 5.41) is 12.5. The fraction of sp³-hybridized carbons (Fsp3) is 0.714. The first kappa shape index (κ1) is 20.2. The molecule has 2 rings (SSSR count). The largest absolute Gasteiger partial charge is 0.490 e. The Bertz CT molecular complexity index is 539. The van der Waals surface area contributed by atoms with Crippen LogP contribution in [0.3, 0.4) is 0 Å². The minimum absolute atomic E-state index is 0.145. The summed E-state index contributed by atoms with van der Waals surface area (Å²) in [5.74, 6) is 0.879. The van der Waals surface area contributed by atoms with E-state index in [1.54, 1.807) is 4.90 Å². The highest BCUT2D eigenvalue weighted by Gasteiger charge is 2.28. The number of nitrogens with one attached hydrogen (secondary N) is 1. The summed E-state index contributed by atoms with van der Waals surface area (Å²) in [4.78, 5) is 1.72. The Kier molecular flexibility index (Phi) is 7.29. The number of aryl methyl sites for hydroxylation is 1. The van der Waals surface area contributed by atoms with Gasteiger partial charge in [0.25, 0.3) is 0 Å². The molecule has 1 aromatic carbocycles. The van der Waals surface area contributed by atoms with Gasteiger partial charge in [0.2, 0.25) is 0 Å². The summed E-state index contributed by atoms with van der Waals surface area (Å²) in [6.45, 7) is 15.7. The summed E-state index contributed by atoms with van der Waals surface area (Å²) in [6.07, 6.45) is 2.25. The van der Waals surface area contributed by atoms with E-state index in [0.717, 1.165) is 23.9 Å². The van der Waals surface area contributed by atoms with E-state index in [-0.39, 0.29) is 5.41 Å². The first-order valence-corrected chi connectivity index (χ1v) is 9.89. The van der Waals surface area contributed by atoms with Crippen LogP contribution in [0.5, 0.6) is 5.75 Å². The smallest absolute Gasteiger partial charge is 0.137 e. The van der Waals surface area contributed by atoms with Crippen LogP contribution < -0.4 is 15.0 Å². The van der Waals surface area contributed by atoms with Crippen molar-refractivity contribution in [3.8, 4) is 5.75 Å². The lowest BCUT2D eigenvalue weighted by molar-refractivity contribution is -0.924. The van der Waals surface area contributed by atoms with Gasteiger partial charge >= 0.3 is 0 Å². The Hall–Kier alpha value is -1.10. The fourth-order valence-electron chi connectivity index (χ4n) is 3.76. The summed E-state index contributed by atoms with van der Waals surface area (Å²) in [6, 6.07) is 7.11. The van der Waals surface area contributed by atoms with E-state index in [2.05, 4.69) is 52.1 Å². The molecule has 1 aromatic rings. The van der Waals surface area contributed by atoms with Gasteiger partial charge in [-0.2, -0.15) is 0 Å². The van der Waals surface area contributed by atoms with E-state index < -0.39 is 6.10 Å². The fourth-order valence-corrected chi connectivity index (χ4v) is 3.76. The number of aliphatic hydroxyl groups is 1. The van der Waals surface area contributed by atoms with Crippen LogP contribution in [0, 0.1) is 6.92 Å². The van der Waals surface area contributed by atoms with Crippen molar-refractivity contribution in [2.24, 2.45) is 0 Å². The van der Waals surface area contributed by atoms with E-state index in [1.807, 2.05) is 6.07 Å². The lowest BCUT2D eigenvalue weighted by atomic mass is 9.86. The predicted molar refractivity (Wildman–Crippen MR) is 102 cm³/mol. The van der Waals surface area contributed by atoms with E-state index in [1.165, 1.54) is 31.5 Å². The quantitative estimate of drug-likeness (QED) is 0.645. The van der Waals surface area contributed by atoms with Gasteiger partial charge in [-0.1, -0.05) is 32.9 Å². The van der Waals surface area contributed by atoms with Crippen LogP contribution >= 0.6 is 0 Å². The average molecular weight is 351 g/mol. The number of nitrogens with two attached hydrogens (primary N) is 1. The van der Waals surface area contributed by atoms with Crippen LogP contribution in [0.15, 0.2) is 18.2 Å². The number of quaternary nitrogens is 2. The summed E-state index contributed by atoms with van der Waals surface area (Å²) < 4.78 is 5.86. The minimum Gasteiger partial charge on any atom is -0.490 e. The third kappa shape index (κ3) is 5.98. The van der Waals surface area contributed by atoms with Gasteiger partial charge < -0.3 is 20.1 Å². The molecule has 1 saturated heterocycles. The van der Waals surface area contributed by atoms with Gasteiger partial charge in [0.15, 0.2) is 0 Å². The molecule has 4 nitrogen and oxygen atoms in total. The molecular formula is C21H38N2O2+2. The number of likely N-dealkylation sites (N-methyl/N-ethyl adjacent to an activating group) is 1. The Morgan fingerprint density at radius 2 is 2.12 bits per heavy atom. The van der Waals surface area contributed by atoms with Crippen LogP contribution in [-0.2, 0) is 5.41 Å². The first-order valence-electron chi connectivity index (χ1n) is 9.89. The second-order valence-corrected chi connectivity index (χ2v) is 8.56. The highest BCUT2D eigenvalue weighted by Crippen LogP contribution is 2.27. The van der Waals surface area contributed by atoms with Crippen molar-refractivity contribution >= 4 is 0 Å². The van der Waals surface area contributed by atoms with Crippen molar-refractivity contribution in [1.29, 1.82) is 0 Å². The Morgan fingerprint density at radius 3 is 2.76 bits per heavy atom. The van der Waals surface area contributed by atoms with E-state index in [0.29, 0.717) is 13.2 Å². The molecule has 1 heterocycles. The van der Waals surface area contributed by atoms with Gasteiger partial charge in [-0.25, -0.2) is 0 Å². The maximum absolute atomic E-state index is 10.2. The molecule has 4 N–H and O–H groups in total. The number of likely N-dealkylation sites (tertiary alicyclic amines) is 1. The van der Waals surface area contributed by atoms with Crippen molar-refractivity contribution in [1.82, 2.24) is 0 Å². The van der Waals surface area contributed by atoms with Gasteiger partial charge in [0.1, 0.15) is 37.6 Å². The molecule has 0 saturated carbocycles. The zero-order valence-corrected chi connectivity index (χ0v) is 16.8. The predicted octanol–water partition coefficient (Wildman–Crippen LogP) is 0.663. The monoisotopic (exact) mass is 350 g/mol. The van der Waals surface area contributed by atoms with Gasteiger partial charge in [-0.15, -0.1) is 0 Å². The minimum atomic E-state index is -0.423.